The van der Waals surface area contributed by atoms with Crippen LogP contribution >= 0.6 is 22.9 Å². The molecule has 0 spiro atoms. The number of halogens is 1. The lowest BCUT2D eigenvalue weighted by Gasteiger charge is -2.33. The van der Waals surface area contributed by atoms with Crippen molar-refractivity contribution in [3.05, 3.63) is 46.3 Å². The maximum atomic E-state index is 12.6. The third-order valence-electron chi connectivity index (χ3n) is 4.07. The third kappa shape index (κ3) is 4.14. The summed E-state index contributed by atoms with van der Waals surface area (Å²) in [5.41, 5.74) is 7.19. The van der Waals surface area contributed by atoms with E-state index < -0.39 is 10.0 Å². The Balaban J connectivity index is 1.59. The molecule has 25 heavy (non-hydrogen) atoms. The topological polar surface area (TPSA) is 83.7 Å². The van der Waals surface area contributed by atoms with Crippen LogP contribution in [0.2, 0.25) is 4.34 Å². The van der Waals surface area contributed by atoms with E-state index in [0.29, 0.717) is 23.1 Å². The molecule has 2 aromatic rings. The first-order valence-electron chi connectivity index (χ1n) is 7.74. The Morgan fingerprint density at radius 1 is 1.08 bits per heavy atom. The molecule has 1 fully saturated rings. The van der Waals surface area contributed by atoms with Crippen LogP contribution in [-0.4, -0.2) is 49.7 Å². The summed E-state index contributed by atoms with van der Waals surface area (Å²) < 4.78 is 27.2. The molecule has 0 bridgehead atoms. The number of hydrogen-bond donors (Lipinski definition) is 1. The van der Waals surface area contributed by atoms with Crippen LogP contribution in [0, 0.1) is 0 Å². The van der Waals surface area contributed by atoms with Crippen LogP contribution in [-0.2, 0) is 21.2 Å². The van der Waals surface area contributed by atoms with Crippen LogP contribution in [0.5, 0.6) is 0 Å². The molecule has 1 aromatic heterocycles. The largest absolute Gasteiger partial charge is 0.399 e. The zero-order valence-corrected chi connectivity index (χ0v) is 15.8. The summed E-state index contributed by atoms with van der Waals surface area (Å²) in [6, 6.07) is 10.3. The summed E-state index contributed by atoms with van der Waals surface area (Å²) in [6.07, 6.45) is 0.285. The lowest BCUT2D eigenvalue weighted by Crippen LogP contribution is -2.50. The number of benzene rings is 1. The Labute approximate surface area is 155 Å². The number of thiophene rings is 1. The first-order valence-corrected chi connectivity index (χ1v) is 10.4. The van der Waals surface area contributed by atoms with E-state index in [-0.39, 0.29) is 29.6 Å². The molecule has 2 N–H and O–H groups in total. The van der Waals surface area contributed by atoms with E-state index in [1.165, 1.54) is 10.4 Å². The van der Waals surface area contributed by atoms with Gasteiger partial charge in [0, 0.05) is 31.9 Å². The van der Waals surface area contributed by atoms with Crippen LogP contribution in [0.1, 0.15) is 5.56 Å². The highest BCUT2D eigenvalue weighted by molar-refractivity contribution is 7.91. The third-order valence-corrected chi connectivity index (χ3v) is 7.67. The second-order valence-electron chi connectivity index (χ2n) is 5.76. The first kappa shape index (κ1) is 18.2. The fourth-order valence-corrected chi connectivity index (χ4v) is 5.72. The molecule has 0 saturated carbocycles. The van der Waals surface area contributed by atoms with Crippen molar-refractivity contribution >= 4 is 44.6 Å². The van der Waals surface area contributed by atoms with E-state index in [1.54, 1.807) is 23.1 Å². The van der Waals surface area contributed by atoms with Crippen LogP contribution in [0.3, 0.4) is 0 Å². The van der Waals surface area contributed by atoms with Gasteiger partial charge in [-0.25, -0.2) is 8.42 Å². The van der Waals surface area contributed by atoms with Gasteiger partial charge in [-0.3, -0.25) is 4.79 Å². The number of carbonyl (C=O) groups excluding carboxylic acids is 1. The molecule has 3 rings (SSSR count). The molecule has 6 nitrogen and oxygen atoms in total. The van der Waals surface area contributed by atoms with Gasteiger partial charge in [0.1, 0.15) is 4.21 Å². The standard InChI is InChI=1S/C16H18ClN3O3S2/c17-14-5-6-16(24-14)25(22,23)20-9-7-19(8-10-20)15(21)11-12-1-3-13(18)4-2-12/h1-6H,7-11,18H2. The highest BCUT2D eigenvalue weighted by atomic mass is 35.5. The number of anilines is 1. The first-order chi connectivity index (χ1) is 11.9. The summed E-state index contributed by atoms with van der Waals surface area (Å²) in [5, 5.41) is 0. The van der Waals surface area contributed by atoms with E-state index >= 15 is 0 Å². The number of nitrogen functional groups attached to an aromatic ring is 1. The molecular formula is C16H18ClN3O3S2. The molecular weight excluding hydrogens is 382 g/mol. The summed E-state index contributed by atoms with van der Waals surface area (Å²) in [7, 11) is -3.54. The monoisotopic (exact) mass is 399 g/mol. The highest BCUT2D eigenvalue weighted by Gasteiger charge is 2.31. The number of nitrogens with zero attached hydrogens (tertiary/aromatic N) is 2. The van der Waals surface area contributed by atoms with Crippen molar-refractivity contribution in [1.82, 2.24) is 9.21 Å². The molecule has 1 aliphatic heterocycles. The summed E-state index contributed by atoms with van der Waals surface area (Å²) in [4.78, 5) is 14.1. The Bertz CT molecular complexity index is 857. The van der Waals surface area contributed by atoms with E-state index in [0.717, 1.165) is 16.9 Å². The maximum absolute atomic E-state index is 12.6. The van der Waals surface area contributed by atoms with E-state index in [2.05, 4.69) is 0 Å². The van der Waals surface area contributed by atoms with Gasteiger partial charge >= 0.3 is 0 Å². The fourth-order valence-electron chi connectivity index (χ4n) is 2.66. The Morgan fingerprint density at radius 2 is 1.72 bits per heavy atom. The predicted octanol–water partition coefficient (Wildman–Crippen LogP) is 2.06. The minimum Gasteiger partial charge on any atom is -0.399 e. The number of piperazine rings is 1. The van der Waals surface area contributed by atoms with E-state index in [1.807, 2.05) is 12.1 Å². The number of nitrogens with two attached hydrogens (primary N) is 1. The number of sulfonamides is 1. The van der Waals surface area contributed by atoms with Crippen molar-refractivity contribution in [2.45, 2.75) is 10.6 Å². The van der Waals surface area contributed by atoms with Crippen LogP contribution in [0.25, 0.3) is 0 Å². The van der Waals surface area contributed by atoms with Crippen LogP contribution in [0.15, 0.2) is 40.6 Å². The Hall–Kier alpha value is -1.61. The molecule has 1 amide bonds. The molecule has 1 aromatic carbocycles. The Morgan fingerprint density at radius 3 is 2.28 bits per heavy atom. The van der Waals surface area contributed by atoms with Crippen LogP contribution < -0.4 is 5.73 Å². The molecule has 1 saturated heterocycles. The summed E-state index contributed by atoms with van der Waals surface area (Å²) >= 11 is 6.88. The molecule has 1 aliphatic rings. The average molecular weight is 400 g/mol. The van der Waals surface area contributed by atoms with Crippen molar-refractivity contribution in [3.63, 3.8) is 0 Å². The second kappa shape index (κ2) is 7.33. The molecule has 0 atom stereocenters. The zero-order chi connectivity index (χ0) is 18.0. The maximum Gasteiger partial charge on any atom is 0.252 e. The summed E-state index contributed by atoms with van der Waals surface area (Å²) in [5.74, 6) is -0.0130. The number of rotatable bonds is 4. The van der Waals surface area contributed by atoms with E-state index in [9.17, 15) is 13.2 Å². The molecule has 0 unspecified atom stereocenters. The van der Waals surface area contributed by atoms with Crippen molar-refractivity contribution in [2.24, 2.45) is 0 Å². The smallest absolute Gasteiger partial charge is 0.252 e. The SMILES string of the molecule is Nc1ccc(CC(=O)N2CCN(S(=O)(=O)c3ccc(Cl)s3)CC2)cc1. The second-order valence-corrected chi connectivity index (χ2v) is 9.64. The minimum atomic E-state index is -3.54. The van der Waals surface area contributed by atoms with Gasteiger partial charge in [-0.05, 0) is 29.8 Å². The number of amides is 1. The fraction of sp³-hybridized carbons (Fsp3) is 0.312. The number of hydrogen-bond acceptors (Lipinski definition) is 5. The van der Waals surface area contributed by atoms with Gasteiger partial charge in [0.2, 0.25) is 5.91 Å². The quantitative estimate of drug-likeness (QED) is 0.797. The van der Waals surface area contributed by atoms with Crippen molar-refractivity contribution < 1.29 is 13.2 Å². The molecule has 0 aliphatic carbocycles. The van der Waals surface area contributed by atoms with Gasteiger partial charge in [-0.1, -0.05) is 23.7 Å². The van der Waals surface area contributed by atoms with Gasteiger partial charge in [0.15, 0.2) is 0 Å². The van der Waals surface area contributed by atoms with Gasteiger partial charge < -0.3 is 10.6 Å². The molecule has 0 radical (unpaired) electrons. The summed E-state index contributed by atoms with van der Waals surface area (Å²) in [6.45, 7) is 1.33. The van der Waals surface area contributed by atoms with Gasteiger partial charge in [-0.15, -0.1) is 11.3 Å². The van der Waals surface area contributed by atoms with Gasteiger partial charge in [-0.2, -0.15) is 4.31 Å². The predicted molar refractivity (Wildman–Crippen MR) is 99.2 cm³/mol. The lowest BCUT2D eigenvalue weighted by molar-refractivity contribution is -0.131. The Kier molecular flexibility index (Phi) is 5.33. The molecule has 9 heteroatoms. The van der Waals surface area contributed by atoms with Crippen molar-refractivity contribution in [3.8, 4) is 0 Å². The normalized spacial score (nSPS) is 16.1. The van der Waals surface area contributed by atoms with Gasteiger partial charge in [0.25, 0.3) is 10.0 Å². The lowest BCUT2D eigenvalue weighted by atomic mass is 10.1. The van der Waals surface area contributed by atoms with Crippen LogP contribution in [0.4, 0.5) is 5.69 Å². The minimum absolute atomic E-state index is 0.0130. The molecule has 134 valence electrons. The zero-order valence-electron chi connectivity index (χ0n) is 13.4. The average Bonchev–Trinajstić information content (AvgIpc) is 3.04. The van der Waals surface area contributed by atoms with Crippen molar-refractivity contribution in [2.75, 3.05) is 31.9 Å². The van der Waals surface area contributed by atoms with E-state index in [4.69, 9.17) is 17.3 Å². The van der Waals surface area contributed by atoms with Crippen molar-refractivity contribution in [1.29, 1.82) is 0 Å². The highest BCUT2D eigenvalue weighted by Crippen LogP contribution is 2.28. The van der Waals surface area contributed by atoms with Gasteiger partial charge in [0.05, 0.1) is 10.8 Å². The molecule has 2 heterocycles. The number of carbonyl (C=O) groups is 1.